The van der Waals surface area contributed by atoms with Gasteiger partial charge in [0.1, 0.15) is 6.04 Å². The first-order valence-electron chi connectivity index (χ1n) is 5.49. The van der Waals surface area contributed by atoms with Crippen molar-refractivity contribution in [2.75, 3.05) is 5.32 Å². The number of halogens is 2. The van der Waals surface area contributed by atoms with Gasteiger partial charge in [-0.25, -0.2) is 13.6 Å². The molecule has 0 radical (unpaired) electrons. The van der Waals surface area contributed by atoms with E-state index in [-0.39, 0.29) is 5.69 Å². The molecule has 0 heterocycles. The minimum absolute atomic E-state index is 0.117. The van der Waals surface area contributed by atoms with Crippen LogP contribution in [0.25, 0.3) is 0 Å². The van der Waals surface area contributed by atoms with Gasteiger partial charge < -0.3 is 10.4 Å². The lowest BCUT2D eigenvalue weighted by molar-refractivity contribution is -0.138. The van der Waals surface area contributed by atoms with E-state index in [9.17, 15) is 13.6 Å². The summed E-state index contributed by atoms with van der Waals surface area (Å²) in [6.45, 7) is 1.93. The van der Waals surface area contributed by atoms with E-state index >= 15 is 0 Å². The van der Waals surface area contributed by atoms with Gasteiger partial charge in [-0.3, -0.25) is 0 Å². The molecule has 0 saturated carbocycles. The van der Waals surface area contributed by atoms with Crippen molar-refractivity contribution in [1.82, 2.24) is 0 Å². The third-order valence-corrected chi connectivity index (χ3v) is 2.43. The standard InChI is InChI=1S/C12H15F2NO2/c1-2-3-6-10(12(16)17)15-9-7-4-5-8(13)11(9)14/h4-5,7,10,15H,2-3,6H2,1H3,(H,16,17). The SMILES string of the molecule is CCCCC(Nc1cccc(F)c1F)C(=O)O. The van der Waals surface area contributed by atoms with Gasteiger partial charge >= 0.3 is 5.97 Å². The fraction of sp³-hybridized carbons (Fsp3) is 0.417. The van der Waals surface area contributed by atoms with E-state index in [1.807, 2.05) is 6.92 Å². The number of benzene rings is 1. The van der Waals surface area contributed by atoms with Gasteiger partial charge in [-0.05, 0) is 18.6 Å². The van der Waals surface area contributed by atoms with Crippen LogP contribution in [0.5, 0.6) is 0 Å². The zero-order valence-electron chi connectivity index (χ0n) is 9.54. The Morgan fingerprint density at radius 1 is 1.47 bits per heavy atom. The summed E-state index contributed by atoms with van der Waals surface area (Å²) in [5, 5.41) is 11.5. The maximum absolute atomic E-state index is 13.3. The third kappa shape index (κ3) is 3.69. The van der Waals surface area contributed by atoms with E-state index < -0.39 is 23.6 Å². The third-order valence-electron chi connectivity index (χ3n) is 2.43. The number of carbonyl (C=O) groups is 1. The van der Waals surface area contributed by atoms with Crippen molar-refractivity contribution in [2.45, 2.75) is 32.2 Å². The average Bonchev–Trinajstić information content (AvgIpc) is 2.29. The van der Waals surface area contributed by atoms with Crippen molar-refractivity contribution < 1.29 is 18.7 Å². The fourth-order valence-corrected chi connectivity index (χ4v) is 1.47. The molecule has 0 spiro atoms. The largest absolute Gasteiger partial charge is 0.480 e. The molecule has 0 amide bonds. The van der Waals surface area contributed by atoms with Crippen LogP contribution in [0.1, 0.15) is 26.2 Å². The monoisotopic (exact) mass is 243 g/mol. The van der Waals surface area contributed by atoms with Crippen molar-refractivity contribution in [3.05, 3.63) is 29.8 Å². The number of aliphatic carboxylic acids is 1. The number of nitrogens with one attached hydrogen (secondary N) is 1. The molecule has 5 heteroatoms. The highest BCUT2D eigenvalue weighted by atomic mass is 19.2. The summed E-state index contributed by atoms with van der Waals surface area (Å²) in [5.74, 6) is -3.10. The van der Waals surface area contributed by atoms with Crippen LogP contribution >= 0.6 is 0 Å². The molecule has 1 rings (SSSR count). The highest BCUT2D eigenvalue weighted by Crippen LogP contribution is 2.18. The van der Waals surface area contributed by atoms with Crippen LogP contribution in [0.15, 0.2) is 18.2 Å². The Morgan fingerprint density at radius 2 is 2.18 bits per heavy atom. The molecule has 0 aliphatic rings. The Balaban J connectivity index is 2.78. The lowest BCUT2D eigenvalue weighted by atomic mass is 10.1. The van der Waals surface area contributed by atoms with Gasteiger partial charge in [0.15, 0.2) is 11.6 Å². The summed E-state index contributed by atoms with van der Waals surface area (Å²) >= 11 is 0. The molecular weight excluding hydrogens is 228 g/mol. The smallest absolute Gasteiger partial charge is 0.326 e. The van der Waals surface area contributed by atoms with Gasteiger partial charge in [0.2, 0.25) is 0 Å². The second-order valence-corrected chi connectivity index (χ2v) is 3.78. The maximum atomic E-state index is 13.3. The number of hydrogen-bond acceptors (Lipinski definition) is 2. The molecule has 17 heavy (non-hydrogen) atoms. The van der Waals surface area contributed by atoms with Crippen molar-refractivity contribution in [3.63, 3.8) is 0 Å². The predicted octanol–water partition coefficient (Wildman–Crippen LogP) is 3.02. The Hall–Kier alpha value is -1.65. The first-order valence-corrected chi connectivity index (χ1v) is 5.49. The van der Waals surface area contributed by atoms with Gasteiger partial charge in [0.25, 0.3) is 0 Å². The molecular formula is C12H15F2NO2. The average molecular weight is 243 g/mol. The van der Waals surface area contributed by atoms with E-state index in [0.717, 1.165) is 12.5 Å². The lowest BCUT2D eigenvalue weighted by Crippen LogP contribution is -2.29. The van der Waals surface area contributed by atoms with Crippen molar-refractivity contribution in [2.24, 2.45) is 0 Å². The lowest BCUT2D eigenvalue weighted by Gasteiger charge is -2.15. The van der Waals surface area contributed by atoms with E-state index in [2.05, 4.69) is 5.32 Å². The van der Waals surface area contributed by atoms with Gasteiger partial charge in [-0.2, -0.15) is 0 Å². The van der Waals surface area contributed by atoms with E-state index in [0.29, 0.717) is 12.8 Å². The summed E-state index contributed by atoms with van der Waals surface area (Å²) < 4.78 is 26.2. The van der Waals surface area contributed by atoms with E-state index in [4.69, 9.17) is 5.11 Å². The second kappa shape index (κ2) is 6.18. The number of carboxylic acids is 1. The Morgan fingerprint density at radius 3 is 2.76 bits per heavy atom. The molecule has 3 nitrogen and oxygen atoms in total. The predicted molar refractivity (Wildman–Crippen MR) is 60.9 cm³/mol. The minimum atomic E-state index is -1.07. The summed E-state index contributed by atoms with van der Waals surface area (Å²) in [6, 6.07) is 2.74. The first kappa shape index (κ1) is 13.4. The van der Waals surface area contributed by atoms with Crippen LogP contribution < -0.4 is 5.32 Å². The topological polar surface area (TPSA) is 49.3 Å². The zero-order chi connectivity index (χ0) is 12.8. The van der Waals surface area contributed by atoms with Crippen LogP contribution in [-0.4, -0.2) is 17.1 Å². The molecule has 0 bridgehead atoms. The molecule has 1 aromatic carbocycles. The molecule has 0 saturated heterocycles. The highest BCUT2D eigenvalue weighted by Gasteiger charge is 2.18. The molecule has 0 aromatic heterocycles. The summed E-state index contributed by atoms with van der Waals surface area (Å²) in [4.78, 5) is 10.9. The van der Waals surface area contributed by atoms with Gasteiger partial charge in [0, 0.05) is 0 Å². The van der Waals surface area contributed by atoms with Crippen LogP contribution in [0.2, 0.25) is 0 Å². The van der Waals surface area contributed by atoms with Crippen molar-refractivity contribution in [3.8, 4) is 0 Å². The van der Waals surface area contributed by atoms with E-state index in [1.54, 1.807) is 0 Å². The zero-order valence-corrected chi connectivity index (χ0v) is 9.54. The molecule has 0 fully saturated rings. The van der Waals surface area contributed by atoms with E-state index in [1.165, 1.54) is 12.1 Å². The number of rotatable bonds is 6. The summed E-state index contributed by atoms with van der Waals surface area (Å²) in [5.41, 5.74) is -0.117. The maximum Gasteiger partial charge on any atom is 0.326 e. The van der Waals surface area contributed by atoms with Crippen LogP contribution in [0.3, 0.4) is 0 Å². The van der Waals surface area contributed by atoms with Crippen LogP contribution in [0.4, 0.5) is 14.5 Å². The first-order chi connectivity index (χ1) is 8.06. The van der Waals surface area contributed by atoms with Crippen molar-refractivity contribution >= 4 is 11.7 Å². The van der Waals surface area contributed by atoms with Crippen LogP contribution in [0, 0.1) is 11.6 Å². The number of carboxylic acid groups (broad SMARTS) is 1. The number of hydrogen-bond donors (Lipinski definition) is 2. The molecule has 1 atom stereocenters. The van der Waals surface area contributed by atoms with Gasteiger partial charge in [0.05, 0.1) is 5.69 Å². The normalized spacial score (nSPS) is 12.2. The van der Waals surface area contributed by atoms with Crippen LogP contribution in [-0.2, 0) is 4.79 Å². The molecule has 1 aromatic rings. The Bertz CT molecular complexity index is 396. The van der Waals surface area contributed by atoms with Crippen molar-refractivity contribution in [1.29, 1.82) is 0 Å². The summed E-state index contributed by atoms with van der Waals surface area (Å²) in [7, 11) is 0. The molecule has 0 aliphatic heterocycles. The molecule has 94 valence electrons. The number of unbranched alkanes of at least 4 members (excludes halogenated alkanes) is 1. The Kier molecular flexibility index (Phi) is 4.87. The highest BCUT2D eigenvalue weighted by molar-refractivity contribution is 5.77. The fourth-order valence-electron chi connectivity index (χ4n) is 1.47. The number of anilines is 1. The molecule has 0 aliphatic carbocycles. The summed E-state index contributed by atoms with van der Waals surface area (Å²) in [6.07, 6.45) is 1.93. The quantitative estimate of drug-likeness (QED) is 0.807. The molecule has 1 unspecified atom stereocenters. The molecule has 2 N–H and O–H groups in total. The Labute approximate surface area is 98.5 Å². The van der Waals surface area contributed by atoms with Gasteiger partial charge in [-0.15, -0.1) is 0 Å². The second-order valence-electron chi connectivity index (χ2n) is 3.78. The van der Waals surface area contributed by atoms with Gasteiger partial charge in [-0.1, -0.05) is 25.8 Å². The minimum Gasteiger partial charge on any atom is -0.480 e.